The first kappa shape index (κ1) is 50.1. The average Bonchev–Trinajstić information content (AvgIpc) is 3.39. The summed E-state index contributed by atoms with van der Waals surface area (Å²) in [6.07, 6.45) is 6.28. The molecule has 4 aliphatic rings. The highest BCUT2D eigenvalue weighted by molar-refractivity contribution is 7.91. The lowest BCUT2D eigenvalue weighted by atomic mass is 9.76. The Morgan fingerprint density at radius 1 is 0.472 bits per heavy atom. The first-order valence-electron chi connectivity index (χ1n) is 24.4. The number of fused-ring (bicyclic) bond motifs is 2. The van der Waals surface area contributed by atoms with Crippen molar-refractivity contribution >= 4 is 43.1 Å². The number of ether oxygens (including phenoxy) is 2. The molecule has 6 aromatic carbocycles. The molecule has 4 heterocycles. The molecule has 0 N–H and O–H groups in total. The number of hydrogen-bond donors (Lipinski definition) is 0. The topological polar surface area (TPSA) is 162 Å². The number of carbonyl (C=O) groups is 4. The predicted octanol–water partition coefficient (Wildman–Crippen LogP) is 8.56. The zero-order valence-corrected chi connectivity index (χ0v) is 42.1. The molecular weight excluding hydrogens is 949 g/mol. The fourth-order valence-corrected chi connectivity index (χ4v) is 12.1. The lowest BCUT2D eigenvalue weighted by Crippen LogP contribution is -2.40. The molecule has 72 heavy (non-hydrogen) atoms. The second-order valence-electron chi connectivity index (χ2n) is 19.4. The Kier molecular flexibility index (Phi) is 14.9. The molecule has 0 unspecified atom stereocenters. The minimum atomic E-state index is -3.32. The van der Waals surface area contributed by atoms with Crippen LogP contribution < -0.4 is 9.47 Å². The van der Waals surface area contributed by atoms with E-state index in [0.717, 1.165) is 59.1 Å². The molecule has 0 bridgehead atoms. The maximum absolute atomic E-state index is 13.3. The van der Waals surface area contributed by atoms with Gasteiger partial charge < -0.3 is 19.3 Å². The van der Waals surface area contributed by atoms with E-state index in [0.29, 0.717) is 71.4 Å². The summed E-state index contributed by atoms with van der Waals surface area (Å²) in [5.74, 6) is 1.91. The first-order chi connectivity index (χ1) is 34.6. The Morgan fingerprint density at radius 3 is 1.19 bits per heavy atom. The molecule has 2 amide bonds. The molecule has 2 saturated heterocycles. The van der Waals surface area contributed by atoms with Crippen molar-refractivity contribution in [3.63, 3.8) is 0 Å². The van der Waals surface area contributed by atoms with Gasteiger partial charge >= 0.3 is 0 Å². The molecule has 0 aromatic heterocycles. The van der Waals surface area contributed by atoms with Gasteiger partial charge in [-0.25, -0.2) is 16.8 Å². The second kappa shape index (κ2) is 21.4. The van der Waals surface area contributed by atoms with Gasteiger partial charge in [0.1, 0.15) is 24.7 Å². The number of sulfone groups is 2. The highest BCUT2D eigenvalue weighted by atomic mass is 32.2. The lowest BCUT2D eigenvalue weighted by Gasteiger charge is -2.37. The quantitative estimate of drug-likeness (QED) is 0.130. The van der Waals surface area contributed by atoms with Gasteiger partial charge in [-0.2, -0.15) is 0 Å². The van der Waals surface area contributed by atoms with E-state index in [-0.39, 0.29) is 60.3 Å². The van der Waals surface area contributed by atoms with E-state index < -0.39 is 19.7 Å². The van der Waals surface area contributed by atoms with Gasteiger partial charge in [0, 0.05) is 85.6 Å². The fourth-order valence-electron chi connectivity index (χ4n) is 10.7. The van der Waals surface area contributed by atoms with Crippen LogP contribution >= 0.6 is 0 Å². The summed E-state index contributed by atoms with van der Waals surface area (Å²) in [5.41, 5.74) is 6.93. The van der Waals surface area contributed by atoms with Crippen molar-refractivity contribution in [2.75, 3.05) is 51.9 Å². The largest absolute Gasteiger partial charge is 0.486 e. The number of rotatable bonds is 10. The van der Waals surface area contributed by atoms with Crippen LogP contribution in [0.5, 0.6) is 11.5 Å². The molecule has 14 heteroatoms. The number of piperidine rings is 2. The Hall–Kier alpha value is -6.90. The zero-order chi connectivity index (χ0) is 50.6. The van der Waals surface area contributed by atoms with Crippen LogP contribution in [0, 0.1) is 11.8 Å². The van der Waals surface area contributed by atoms with Crippen molar-refractivity contribution in [2.24, 2.45) is 11.8 Å². The lowest BCUT2D eigenvalue weighted by molar-refractivity contribution is -0.122. The van der Waals surface area contributed by atoms with E-state index in [2.05, 4.69) is 24.3 Å². The maximum atomic E-state index is 13.3. The van der Waals surface area contributed by atoms with Crippen molar-refractivity contribution < 1.29 is 45.5 Å². The summed E-state index contributed by atoms with van der Waals surface area (Å²) in [4.78, 5) is 54.5. The van der Waals surface area contributed by atoms with E-state index in [9.17, 15) is 36.0 Å². The Bertz CT molecular complexity index is 3000. The van der Waals surface area contributed by atoms with E-state index in [1.165, 1.54) is 12.5 Å². The van der Waals surface area contributed by atoms with Crippen molar-refractivity contribution in [3.8, 4) is 11.5 Å². The molecule has 12 nitrogen and oxygen atoms in total. The number of carbonyl (C=O) groups excluding carboxylic acids is 4. The summed E-state index contributed by atoms with van der Waals surface area (Å²) >= 11 is 0. The smallest absolute Gasteiger partial charge is 0.253 e. The predicted molar refractivity (Wildman–Crippen MR) is 274 cm³/mol. The van der Waals surface area contributed by atoms with Gasteiger partial charge in [-0.15, -0.1) is 0 Å². The minimum Gasteiger partial charge on any atom is -0.486 e. The number of benzene rings is 6. The van der Waals surface area contributed by atoms with Gasteiger partial charge in [-0.05, 0) is 120 Å². The fraction of sp³-hybridized carbons (Fsp3) is 0.310. The Morgan fingerprint density at radius 2 is 0.833 bits per heavy atom. The molecule has 4 aliphatic heterocycles. The van der Waals surface area contributed by atoms with Crippen LogP contribution in [0.25, 0.3) is 0 Å². The third-order valence-electron chi connectivity index (χ3n) is 14.4. The molecular formula is C58H58N2O10S2. The van der Waals surface area contributed by atoms with E-state index in [1.54, 1.807) is 60.7 Å². The summed E-state index contributed by atoms with van der Waals surface area (Å²) in [6, 6.07) is 45.5. The summed E-state index contributed by atoms with van der Waals surface area (Å²) in [5, 5.41) is 0. The van der Waals surface area contributed by atoms with Gasteiger partial charge in [0.25, 0.3) is 11.8 Å². The average molecular weight is 1010 g/mol. The normalized spacial score (nSPS) is 17.2. The third kappa shape index (κ3) is 11.6. The molecule has 372 valence electrons. The molecule has 2 atom stereocenters. The number of likely N-dealkylation sites (tertiary alicyclic amines) is 2. The molecule has 0 radical (unpaired) electrons. The summed E-state index contributed by atoms with van der Waals surface area (Å²) in [7, 11) is -6.63. The van der Waals surface area contributed by atoms with Crippen molar-refractivity contribution in [3.05, 3.63) is 190 Å². The van der Waals surface area contributed by atoms with Crippen LogP contribution in [0.1, 0.15) is 91.6 Å². The molecule has 2 fully saturated rings. The van der Waals surface area contributed by atoms with Gasteiger partial charge in [-0.1, -0.05) is 84.9 Å². The highest BCUT2D eigenvalue weighted by Gasteiger charge is 2.34. The number of hydrogen-bond acceptors (Lipinski definition) is 10. The monoisotopic (exact) mass is 1010 g/mol. The van der Waals surface area contributed by atoms with Crippen LogP contribution in [-0.4, -0.2) is 102 Å². The van der Waals surface area contributed by atoms with Crippen LogP contribution in [0.2, 0.25) is 0 Å². The van der Waals surface area contributed by atoms with Crippen LogP contribution in [0.4, 0.5) is 0 Å². The number of Topliss-reactive ketones (excluding diaryl/α,β-unsaturated/α-hetero) is 2. The van der Waals surface area contributed by atoms with Crippen molar-refractivity contribution in [1.29, 1.82) is 0 Å². The SMILES string of the molecule is CS(=O)(=O)c1cccc([C@@H](c2ccccc2)C2CCN(C(=O)c3ccc4c(c3)CC(=O)CO4)CC2)c1.CS(=O)(=O)c1cccc([C@H](c2ccccc2)C2CCN(C(=O)c3ccc4c(c3)CC(=O)CO4)CC2)c1. The minimum absolute atomic E-state index is 0.0137. The number of nitrogens with zero attached hydrogens (tertiary/aromatic N) is 2. The van der Waals surface area contributed by atoms with Crippen molar-refractivity contribution in [2.45, 2.75) is 60.2 Å². The van der Waals surface area contributed by atoms with Gasteiger partial charge in [-0.3, -0.25) is 19.2 Å². The van der Waals surface area contributed by atoms with E-state index >= 15 is 0 Å². The standard InChI is InChI=1S/2C29H29NO5S/c2*1-36(33,34)26-9-5-8-22(18-26)28(20-6-3-2-4-7-20)21-12-14-30(15-13-21)29(32)23-10-11-27-24(16-23)17-25(31)19-35-27/h2*2-11,16,18,21,28H,12-15,17,19H2,1H3/t2*28-/m10/s1. The van der Waals surface area contributed by atoms with E-state index in [4.69, 9.17) is 9.47 Å². The Labute approximate surface area is 421 Å². The van der Waals surface area contributed by atoms with Crippen LogP contribution in [-0.2, 0) is 42.1 Å². The van der Waals surface area contributed by atoms with E-state index in [1.807, 2.05) is 70.5 Å². The number of ketones is 2. The third-order valence-corrected chi connectivity index (χ3v) is 16.6. The molecule has 0 aliphatic carbocycles. The summed E-state index contributed by atoms with van der Waals surface area (Å²) in [6.45, 7) is 2.64. The van der Waals surface area contributed by atoms with Gasteiger partial charge in [0.15, 0.2) is 31.2 Å². The first-order valence-corrected chi connectivity index (χ1v) is 28.2. The zero-order valence-electron chi connectivity index (χ0n) is 40.4. The van der Waals surface area contributed by atoms with Gasteiger partial charge in [0.2, 0.25) is 0 Å². The van der Waals surface area contributed by atoms with Gasteiger partial charge in [0.05, 0.1) is 9.79 Å². The maximum Gasteiger partial charge on any atom is 0.253 e. The highest BCUT2D eigenvalue weighted by Crippen LogP contribution is 2.41. The molecule has 10 rings (SSSR count). The van der Waals surface area contributed by atoms with Crippen LogP contribution in [0.15, 0.2) is 155 Å². The summed E-state index contributed by atoms with van der Waals surface area (Å²) < 4.78 is 59.8. The number of amides is 2. The second-order valence-corrected chi connectivity index (χ2v) is 23.4. The Balaban J connectivity index is 0.000000178. The molecule has 6 aromatic rings. The van der Waals surface area contributed by atoms with Crippen LogP contribution in [0.3, 0.4) is 0 Å². The molecule has 0 saturated carbocycles. The van der Waals surface area contributed by atoms with Crippen molar-refractivity contribution in [1.82, 2.24) is 9.80 Å². The molecule has 0 spiro atoms.